The van der Waals surface area contributed by atoms with Gasteiger partial charge < -0.3 is 4.74 Å². The van der Waals surface area contributed by atoms with Gasteiger partial charge in [0.25, 0.3) is 0 Å². The van der Waals surface area contributed by atoms with Crippen LogP contribution in [0.2, 0.25) is 0 Å². The predicted octanol–water partition coefficient (Wildman–Crippen LogP) is 4.82. The zero-order chi connectivity index (χ0) is 17.3. The van der Waals surface area contributed by atoms with Crippen molar-refractivity contribution in [3.8, 4) is 11.4 Å². The molecule has 3 rings (SSSR count). The Balaban J connectivity index is 1.62. The van der Waals surface area contributed by atoms with Gasteiger partial charge in [-0.05, 0) is 36.2 Å². The van der Waals surface area contributed by atoms with E-state index in [9.17, 15) is 0 Å². The maximum atomic E-state index is 5.81. The average molecular weight is 335 g/mol. The van der Waals surface area contributed by atoms with Crippen molar-refractivity contribution in [2.75, 3.05) is 6.61 Å². The predicted molar refractivity (Wildman–Crippen MR) is 100 cm³/mol. The molecule has 4 heteroatoms. The molecule has 3 aromatic rings. The van der Waals surface area contributed by atoms with Gasteiger partial charge in [0, 0.05) is 12.1 Å². The van der Waals surface area contributed by atoms with E-state index in [4.69, 9.17) is 4.74 Å². The van der Waals surface area contributed by atoms with E-state index >= 15 is 0 Å². The van der Waals surface area contributed by atoms with E-state index in [1.54, 1.807) is 6.33 Å². The summed E-state index contributed by atoms with van der Waals surface area (Å²) in [6.45, 7) is 3.00. The third-order valence-electron chi connectivity index (χ3n) is 4.20. The summed E-state index contributed by atoms with van der Waals surface area (Å²) in [6.07, 6.45) is 7.40. The zero-order valence-electron chi connectivity index (χ0n) is 14.8. The van der Waals surface area contributed by atoms with Crippen LogP contribution in [0.4, 0.5) is 0 Å². The Hall–Kier alpha value is -2.62. The summed E-state index contributed by atoms with van der Waals surface area (Å²) >= 11 is 0. The summed E-state index contributed by atoms with van der Waals surface area (Å²) in [5.41, 5.74) is 2.28. The van der Waals surface area contributed by atoms with Crippen LogP contribution in [0.3, 0.4) is 0 Å². The summed E-state index contributed by atoms with van der Waals surface area (Å²) in [6, 6.07) is 18.5. The lowest BCUT2D eigenvalue weighted by Crippen LogP contribution is -2.02. The fourth-order valence-corrected chi connectivity index (χ4v) is 2.80. The van der Waals surface area contributed by atoms with Crippen LogP contribution < -0.4 is 4.74 Å². The Morgan fingerprint density at radius 2 is 1.72 bits per heavy atom. The van der Waals surface area contributed by atoms with Crippen molar-refractivity contribution in [3.63, 3.8) is 0 Å². The molecule has 0 amide bonds. The van der Waals surface area contributed by atoms with E-state index in [1.165, 1.54) is 24.8 Å². The van der Waals surface area contributed by atoms with Crippen LogP contribution in [-0.4, -0.2) is 21.4 Å². The third-order valence-corrected chi connectivity index (χ3v) is 4.20. The molecule has 1 aromatic heterocycles. The Kier molecular flexibility index (Phi) is 6.21. The van der Waals surface area contributed by atoms with E-state index in [2.05, 4.69) is 41.4 Å². The second-order valence-corrected chi connectivity index (χ2v) is 6.18. The average Bonchev–Trinajstić information content (AvgIpc) is 3.11. The van der Waals surface area contributed by atoms with Crippen molar-refractivity contribution in [2.24, 2.45) is 0 Å². The maximum Gasteiger partial charge on any atom is 0.141 e. The van der Waals surface area contributed by atoms with Gasteiger partial charge in [-0.2, -0.15) is 0 Å². The first-order chi connectivity index (χ1) is 12.4. The summed E-state index contributed by atoms with van der Waals surface area (Å²) < 4.78 is 7.84. The molecule has 0 spiro atoms. The molecule has 0 saturated carbocycles. The lowest BCUT2D eigenvalue weighted by Gasteiger charge is -2.09. The second-order valence-electron chi connectivity index (χ2n) is 6.18. The minimum Gasteiger partial charge on any atom is -0.494 e. The fourth-order valence-electron chi connectivity index (χ4n) is 2.80. The van der Waals surface area contributed by atoms with E-state index in [-0.39, 0.29) is 0 Å². The molecule has 4 nitrogen and oxygen atoms in total. The molecule has 0 bridgehead atoms. The van der Waals surface area contributed by atoms with Crippen LogP contribution in [0.1, 0.15) is 44.0 Å². The molecule has 1 heterocycles. The number of nitrogens with zero attached hydrogens (tertiary/aromatic N) is 3. The summed E-state index contributed by atoms with van der Waals surface area (Å²) in [7, 11) is 0. The number of rotatable bonds is 9. The van der Waals surface area contributed by atoms with Gasteiger partial charge in [-0.1, -0.05) is 56.5 Å². The molecule has 2 aromatic carbocycles. The fraction of sp³-hybridized carbons (Fsp3) is 0.333. The van der Waals surface area contributed by atoms with Gasteiger partial charge >= 0.3 is 0 Å². The van der Waals surface area contributed by atoms with Gasteiger partial charge in [0.15, 0.2) is 0 Å². The van der Waals surface area contributed by atoms with Gasteiger partial charge in [-0.15, -0.1) is 10.2 Å². The Bertz CT molecular complexity index is 750. The highest BCUT2D eigenvalue weighted by Gasteiger charge is 2.07. The first-order valence-corrected chi connectivity index (χ1v) is 9.03. The van der Waals surface area contributed by atoms with Crippen molar-refractivity contribution in [3.05, 3.63) is 72.3 Å². The molecule has 0 atom stereocenters. The molecular weight excluding hydrogens is 310 g/mol. The highest BCUT2D eigenvalue weighted by molar-refractivity contribution is 5.38. The normalized spacial score (nSPS) is 10.8. The maximum absolute atomic E-state index is 5.81. The molecule has 0 unspecified atom stereocenters. The molecule has 0 radical (unpaired) electrons. The SMILES string of the molecule is CCCCCCOc1ccc(-n2cnnc2Cc2ccccc2)cc1. The topological polar surface area (TPSA) is 39.9 Å². The molecule has 25 heavy (non-hydrogen) atoms. The van der Waals surface area contributed by atoms with Crippen LogP contribution in [0, 0.1) is 0 Å². The quantitative estimate of drug-likeness (QED) is 0.526. The summed E-state index contributed by atoms with van der Waals surface area (Å²) in [4.78, 5) is 0. The molecule has 0 fully saturated rings. The van der Waals surface area contributed by atoms with Crippen molar-refractivity contribution in [2.45, 2.75) is 39.0 Å². The van der Waals surface area contributed by atoms with E-state index < -0.39 is 0 Å². The van der Waals surface area contributed by atoms with E-state index in [1.807, 2.05) is 34.9 Å². The minimum absolute atomic E-state index is 0.760. The number of unbranched alkanes of at least 4 members (excludes halogenated alkanes) is 3. The van der Waals surface area contributed by atoms with Gasteiger partial charge in [-0.3, -0.25) is 4.57 Å². The molecule has 0 aliphatic heterocycles. The first kappa shape index (κ1) is 17.2. The minimum atomic E-state index is 0.760. The van der Waals surface area contributed by atoms with Crippen LogP contribution in [0.15, 0.2) is 60.9 Å². The standard InChI is InChI=1S/C21H25N3O/c1-2-3-4-8-15-25-20-13-11-19(12-14-20)24-17-22-23-21(24)16-18-9-6-5-7-10-18/h5-7,9-14,17H,2-4,8,15-16H2,1H3. The third kappa shape index (κ3) is 4.92. The number of ether oxygens (including phenoxy) is 1. The van der Waals surface area contributed by atoms with E-state index in [0.717, 1.165) is 36.7 Å². The van der Waals surface area contributed by atoms with Gasteiger partial charge in [-0.25, -0.2) is 0 Å². The van der Waals surface area contributed by atoms with Gasteiger partial charge in [0.05, 0.1) is 6.61 Å². The lowest BCUT2D eigenvalue weighted by atomic mass is 10.1. The summed E-state index contributed by atoms with van der Waals surface area (Å²) in [5.74, 6) is 1.84. The Morgan fingerprint density at radius 1 is 0.920 bits per heavy atom. The van der Waals surface area contributed by atoms with Crippen LogP contribution in [0.5, 0.6) is 5.75 Å². The Labute approximate surface area is 149 Å². The summed E-state index contributed by atoms with van der Waals surface area (Å²) in [5, 5.41) is 8.35. The van der Waals surface area contributed by atoms with Crippen LogP contribution >= 0.6 is 0 Å². The lowest BCUT2D eigenvalue weighted by molar-refractivity contribution is 0.305. The van der Waals surface area contributed by atoms with Gasteiger partial charge in [0.1, 0.15) is 17.9 Å². The van der Waals surface area contributed by atoms with Crippen LogP contribution in [0.25, 0.3) is 5.69 Å². The number of hydrogen-bond donors (Lipinski definition) is 0. The molecule has 0 N–H and O–H groups in total. The van der Waals surface area contributed by atoms with Crippen molar-refractivity contribution in [1.29, 1.82) is 0 Å². The van der Waals surface area contributed by atoms with Crippen molar-refractivity contribution in [1.82, 2.24) is 14.8 Å². The molecule has 0 aliphatic rings. The smallest absolute Gasteiger partial charge is 0.141 e. The van der Waals surface area contributed by atoms with Crippen LogP contribution in [-0.2, 0) is 6.42 Å². The Morgan fingerprint density at radius 3 is 2.48 bits per heavy atom. The van der Waals surface area contributed by atoms with E-state index in [0.29, 0.717) is 0 Å². The molecular formula is C21H25N3O. The zero-order valence-corrected chi connectivity index (χ0v) is 14.8. The van der Waals surface area contributed by atoms with Gasteiger partial charge in [0.2, 0.25) is 0 Å². The van der Waals surface area contributed by atoms with Crippen molar-refractivity contribution >= 4 is 0 Å². The molecule has 0 saturated heterocycles. The second kappa shape index (κ2) is 9.02. The van der Waals surface area contributed by atoms with Crippen molar-refractivity contribution < 1.29 is 4.74 Å². The monoisotopic (exact) mass is 335 g/mol. The largest absolute Gasteiger partial charge is 0.494 e. The molecule has 130 valence electrons. The first-order valence-electron chi connectivity index (χ1n) is 9.03. The molecule has 0 aliphatic carbocycles. The highest BCUT2D eigenvalue weighted by Crippen LogP contribution is 2.18. The highest BCUT2D eigenvalue weighted by atomic mass is 16.5. The number of hydrogen-bond acceptors (Lipinski definition) is 3. The number of aromatic nitrogens is 3. The number of benzene rings is 2.